The van der Waals surface area contributed by atoms with Gasteiger partial charge in [0.2, 0.25) is 0 Å². The third-order valence-electron chi connectivity index (χ3n) is 6.01. The Morgan fingerprint density at radius 3 is 2.45 bits per heavy atom. The molecule has 31 heavy (non-hydrogen) atoms. The first-order valence-electron chi connectivity index (χ1n) is 11.0. The van der Waals surface area contributed by atoms with Gasteiger partial charge in [0.1, 0.15) is 0 Å². The molecular formula is C27H28N2O2. The van der Waals surface area contributed by atoms with Gasteiger partial charge in [0.15, 0.2) is 0 Å². The molecule has 1 aliphatic rings. The summed E-state index contributed by atoms with van der Waals surface area (Å²) in [5.41, 5.74) is 2.13. The minimum absolute atomic E-state index is 0.111. The lowest BCUT2D eigenvalue weighted by Crippen LogP contribution is -2.37. The highest BCUT2D eigenvalue weighted by Crippen LogP contribution is 2.23. The highest BCUT2D eigenvalue weighted by atomic mass is 16.2. The third-order valence-corrected chi connectivity index (χ3v) is 6.01. The molecule has 0 saturated heterocycles. The summed E-state index contributed by atoms with van der Waals surface area (Å²) in [6, 6.07) is 21.7. The third kappa shape index (κ3) is 4.85. The first kappa shape index (κ1) is 20.9. The molecule has 3 aromatic carbocycles. The SMILES string of the molecule is CN(C(=O)C=Cc1cccc2ccccc12)c1ccccc1C(=O)NC1CCCCC1. The summed E-state index contributed by atoms with van der Waals surface area (Å²) in [4.78, 5) is 27.4. The second kappa shape index (κ2) is 9.61. The van der Waals surface area contributed by atoms with Gasteiger partial charge in [-0.15, -0.1) is 0 Å². The molecular weight excluding hydrogens is 384 g/mol. The van der Waals surface area contributed by atoms with E-state index in [9.17, 15) is 9.59 Å². The van der Waals surface area contributed by atoms with E-state index in [2.05, 4.69) is 17.4 Å². The van der Waals surface area contributed by atoms with Crippen LogP contribution in [0.15, 0.2) is 72.8 Å². The molecule has 158 valence electrons. The first-order valence-corrected chi connectivity index (χ1v) is 11.0. The molecule has 0 aromatic heterocycles. The lowest BCUT2D eigenvalue weighted by atomic mass is 9.95. The van der Waals surface area contributed by atoms with E-state index in [1.807, 2.05) is 54.6 Å². The van der Waals surface area contributed by atoms with Crippen molar-refractivity contribution < 1.29 is 9.59 Å². The van der Waals surface area contributed by atoms with Crippen molar-refractivity contribution in [2.45, 2.75) is 38.1 Å². The maximum absolute atomic E-state index is 12.9. The van der Waals surface area contributed by atoms with Gasteiger partial charge in [0, 0.05) is 19.2 Å². The number of hydrogen-bond acceptors (Lipinski definition) is 2. The van der Waals surface area contributed by atoms with Crippen LogP contribution in [0.3, 0.4) is 0 Å². The molecule has 1 N–H and O–H groups in total. The average Bonchev–Trinajstić information content (AvgIpc) is 2.82. The highest BCUT2D eigenvalue weighted by molar-refractivity contribution is 6.09. The summed E-state index contributed by atoms with van der Waals surface area (Å²) >= 11 is 0. The summed E-state index contributed by atoms with van der Waals surface area (Å²) in [5, 5.41) is 5.39. The minimum Gasteiger partial charge on any atom is -0.349 e. The van der Waals surface area contributed by atoms with E-state index < -0.39 is 0 Å². The Bertz CT molecular complexity index is 1110. The molecule has 4 rings (SSSR count). The van der Waals surface area contributed by atoms with Crippen LogP contribution in [0.4, 0.5) is 5.69 Å². The molecule has 4 nitrogen and oxygen atoms in total. The zero-order valence-corrected chi connectivity index (χ0v) is 17.9. The largest absolute Gasteiger partial charge is 0.349 e. The first-order chi connectivity index (χ1) is 15.1. The van der Waals surface area contributed by atoms with E-state index in [4.69, 9.17) is 0 Å². The number of amides is 2. The van der Waals surface area contributed by atoms with Crippen LogP contribution in [0.1, 0.15) is 48.0 Å². The van der Waals surface area contributed by atoms with Gasteiger partial charge < -0.3 is 10.2 Å². The predicted molar refractivity (Wildman–Crippen MR) is 127 cm³/mol. The quantitative estimate of drug-likeness (QED) is 0.556. The lowest BCUT2D eigenvalue weighted by Gasteiger charge is -2.24. The minimum atomic E-state index is -0.175. The van der Waals surface area contributed by atoms with Crippen LogP contribution in [0.5, 0.6) is 0 Å². The molecule has 0 aliphatic heterocycles. The zero-order chi connectivity index (χ0) is 21.6. The van der Waals surface area contributed by atoms with Crippen molar-refractivity contribution in [2.24, 2.45) is 0 Å². The van der Waals surface area contributed by atoms with Crippen LogP contribution in [0.2, 0.25) is 0 Å². The number of carbonyl (C=O) groups excluding carboxylic acids is 2. The molecule has 1 aliphatic carbocycles. The number of nitrogens with one attached hydrogen (secondary N) is 1. The Morgan fingerprint density at radius 1 is 0.903 bits per heavy atom. The number of fused-ring (bicyclic) bond motifs is 1. The molecule has 0 atom stereocenters. The standard InChI is InChI=1S/C27H28N2O2/c1-29(26(30)19-18-21-12-9-11-20-10-5-6-15-23(20)21)25-17-8-7-16-24(25)27(31)28-22-13-3-2-4-14-22/h5-12,15-19,22H,2-4,13-14H2,1H3,(H,28,31). The number of anilines is 1. The van der Waals surface area contributed by atoms with Crippen molar-refractivity contribution in [1.82, 2.24) is 5.32 Å². The molecule has 0 heterocycles. The molecule has 0 radical (unpaired) electrons. The van der Waals surface area contributed by atoms with Gasteiger partial charge in [-0.05, 0) is 47.4 Å². The number of rotatable bonds is 5. The van der Waals surface area contributed by atoms with E-state index in [0.717, 1.165) is 42.0 Å². The lowest BCUT2D eigenvalue weighted by molar-refractivity contribution is -0.113. The van der Waals surface area contributed by atoms with Crippen LogP contribution < -0.4 is 10.2 Å². The zero-order valence-electron chi connectivity index (χ0n) is 17.9. The number of nitrogens with zero attached hydrogens (tertiary/aromatic N) is 1. The van der Waals surface area contributed by atoms with Gasteiger partial charge in [-0.2, -0.15) is 0 Å². The van der Waals surface area contributed by atoms with Crippen molar-refractivity contribution in [3.63, 3.8) is 0 Å². The van der Waals surface area contributed by atoms with Gasteiger partial charge in [-0.25, -0.2) is 0 Å². The summed E-state index contributed by atoms with van der Waals surface area (Å²) in [7, 11) is 1.71. The van der Waals surface area contributed by atoms with Crippen LogP contribution in [-0.4, -0.2) is 24.9 Å². The van der Waals surface area contributed by atoms with Gasteiger partial charge >= 0.3 is 0 Å². The number of para-hydroxylation sites is 1. The molecule has 3 aromatic rings. The molecule has 0 spiro atoms. The molecule has 0 bridgehead atoms. The Kier molecular flexibility index (Phi) is 6.46. The second-order valence-corrected chi connectivity index (χ2v) is 8.12. The topological polar surface area (TPSA) is 49.4 Å². The summed E-state index contributed by atoms with van der Waals surface area (Å²) in [5.74, 6) is -0.286. The van der Waals surface area contributed by atoms with Gasteiger partial charge in [-0.3, -0.25) is 9.59 Å². The van der Waals surface area contributed by atoms with E-state index in [-0.39, 0.29) is 17.9 Å². The summed E-state index contributed by atoms with van der Waals surface area (Å²) < 4.78 is 0. The van der Waals surface area contributed by atoms with Crippen molar-refractivity contribution >= 4 is 34.4 Å². The number of hydrogen-bond donors (Lipinski definition) is 1. The Hall–Kier alpha value is -3.40. The normalized spacial score (nSPS) is 14.6. The van der Waals surface area contributed by atoms with Crippen LogP contribution >= 0.6 is 0 Å². The van der Waals surface area contributed by atoms with Crippen molar-refractivity contribution in [3.8, 4) is 0 Å². The fourth-order valence-corrected chi connectivity index (χ4v) is 4.26. The predicted octanol–water partition coefficient (Wildman–Crippen LogP) is 5.58. The molecule has 2 amide bonds. The maximum atomic E-state index is 12.9. The molecule has 1 fully saturated rings. The fraction of sp³-hybridized carbons (Fsp3) is 0.259. The Labute approximate surface area is 183 Å². The molecule has 1 saturated carbocycles. The Balaban J connectivity index is 1.52. The fourth-order valence-electron chi connectivity index (χ4n) is 4.26. The second-order valence-electron chi connectivity index (χ2n) is 8.12. The van der Waals surface area contributed by atoms with E-state index in [1.165, 1.54) is 11.3 Å². The van der Waals surface area contributed by atoms with Crippen LogP contribution in [0, 0.1) is 0 Å². The summed E-state index contributed by atoms with van der Waals surface area (Å²) in [6.07, 6.45) is 9.01. The van der Waals surface area contributed by atoms with Crippen molar-refractivity contribution in [2.75, 3.05) is 11.9 Å². The maximum Gasteiger partial charge on any atom is 0.253 e. The number of benzene rings is 3. The Morgan fingerprint density at radius 2 is 1.61 bits per heavy atom. The molecule has 4 heteroatoms. The van der Waals surface area contributed by atoms with E-state index >= 15 is 0 Å². The van der Waals surface area contributed by atoms with Gasteiger partial charge in [0.25, 0.3) is 11.8 Å². The monoisotopic (exact) mass is 412 g/mol. The summed E-state index contributed by atoms with van der Waals surface area (Å²) in [6.45, 7) is 0. The number of likely N-dealkylation sites (N-methyl/N-ethyl adjacent to an activating group) is 1. The highest BCUT2D eigenvalue weighted by Gasteiger charge is 2.21. The van der Waals surface area contributed by atoms with Gasteiger partial charge in [0.05, 0.1) is 11.3 Å². The molecule has 0 unspecified atom stereocenters. The van der Waals surface area contributed by atoms with Crippen molar-refractivity contribution in [3.05, 3.63) is 83.9 Å². The number of carbonyl (C=O) groups is 2. The van der Waals surface area contributed by atoms with Crippen molar-refractivity contribution in [1.29, 1.82) is 0 Å². The van der Waals surface area contributed by atoms with E-state index in [1.54, 1.807) is 19.2 Å². The van der Waals surface area contributed by atoms with Crippen LogP contribution in [-0.2, 0) is 4.79 Å². The van der Waals surface area contributed by atoms with E-state index in [0.29, 0.717) is 11.3 Å². The van der Waals surface area contributed by atoms with Crippen LogP contribution in [0.25, 0.3) is 16.8 Å². The smallest absolute Gasteiger partial charge is 0.253 e. The van der Waals surface area contributed by atoms with Gasteiger partial charge in [-0.1, -0.05) is 73.9 Å². The average molecular weight is 413 g/mol.